The number of methoxy groups -OCH3 is 2. The molecule has 1 saturated heterocycles. The minimum Gasteiger partial charge on any atom is -0.497 e. The molecule has 3 aromatic carbocycles. The molecule has 12 nitrogen and oxygen atoms in total. The summed E-state index contributed by atoms with van der Waals surface area (Å²) in [6.07, 6.45) is 4.57. The molecule has 6 aromatic rings. The largest absolute Gasteiger partial charge is 0.497 e. The maximum Gasteiger partial charge on any atom is 0.230 e. The Kier molecular flexibility index (Phi) is 9.17. The fourth-order valence-electron chi connectivity index (χ4n) is 5.65. The molecular formula is C36H33FN6O6. The molecule has 1 aliphatic rings. The lowest BCUT2D eigenvalue weighted by Crippen LogP contribution is -2.38. The summed E-state index contributed by atoms with van der Waals surface area (Å²) in [7, 11) is 3.13. The molecular weight excluding hydrogens is 631 g/mol. The van der Waals surface area contributed by atoms with Crippen LogP contribution in [0.15, 0.2) is 84.2 Å². The molecule has 49 heavy (non-hydrogen) atoms. The molecule has 0 radical (unpaired) electrons. The Morgan fingerprint density at radius 2 is 1.78 bits per heavy atom. The maximum absolute atomic E-state index is 15.5. The summed E-state index contributed by atoms with van der Waals surface area (Å²) in [5.41, 5.74) is 2.44. The number of H-pyrrole nitrogens is 1. The van der Waals surface area contributed by atoms with Gasteiger partial charge < -0.3 is 34.0 Å². The number of ether oxygens (including phenoxy) is 5. The normalized spacial score (nSPS) is 13.4. The van der Waals surface area contributed by atoms with Gasteiger partial charge in [0.05, 0.1) is 49.2 Å². The predicted molar refractivity (Wildman–Crippen MR) is 183 cm³/mol. The number of fused-ring (bicyclic) bond motifs is 2. The SMILES string of the molecule is COc1ccc(-c2c[nH]c3ccnc(Nc4ccc(Oc5ncnc6cc(OCCN7CCOCC7)c(OC)cc56)c(F)c4)c3c2=O)cc1. The van der Waals surface area contributed by atoms with Gasteiger partial charge in [0.25, 0.3) is 0 Å². The van der Waals surface area contributed by atoms with E-state index < -0.39 is 5.82 Å². The number of pyridine rings is 2. The van der Waals surface area contributed by atoms with E-state index in [0.29, 0.717) is 75.7 Å². The highest BCUT2D eigenvalue weighted by Crippen LogP contribution is 2.37. The van der Waals surface area contributed by atoms with Crippen LogP contribution in [0, 0.1) is 5.82 Å². The zero-order valence-electron chi connectivity index (χ0n) is 26.9. The average Bonchev–Trinajstić information content (AvgIpc) is 3.13. The predicted octanol–water partition coefficient (Wildman–Crippen LogP) is 5.94. The molecule has 1 fully saturated rings. The molecule has 3 aromatic heterocycles. The van der Waals surface area contributed by atoms with E-state index >= 15 is 4.39 Å². The van der Waals surface area contributed by atoms with E-state index in [9.17, 15) is 4.79 Å². The first kappa shape index (κ1) is 31.8. The van der Waals surface area contributed by atoms with Gasteiger partial charge in [0, 0.05) is 55.4 Å². The number of hydrogen-bond donors (Lipinski definition) is 2. The van der Waals surface area contributed by atoms with Gasteiger partial charge in [0.1, 0.15) is 24.5 Å². The Morgan fingerprint density at radius 3 is 2.55 bits per heavy atom. The smallest absolute Gasteiger partial charge is 0.230 e. The molecule has 13 heteroatoms. The lowest BCUT2D eigenvalue weighted by atomic mass is 10.0. The number of anilines is 2. The second-order valence-corrected chi connectivity index (χ2v) is 11.2. The van der Waals surface area contributed by atoms with Gasteiger partial charge in [0.15, 0.2) is 23.1 Å². The Bertz CT molecular complexity index is 2170. The van der Waals surface area contributed by atoms with Crippen LogP contribution < -0.4 is 29.7 Å². The fraction of sp³-hybridized carbons (Fsp3) is 0.222. The lowest BCUT2D eigenvalue weighted by Gasteiger charge is -2.26. The van der Waals surface area contributed by atoms with Crippen LogP contribution in [0.2, 0.25) is 0 Å². The highest BCUT2D eigenvalue weighted by molar-refractivity contribution is 5.93. The summed E-state index contributed by atoms with van der Waals surface area (Å²) in [5, 5.41) is 3.95. The van der Waals surface area contributed by atoms with E-state index in [2.05, 4.69) is 30.2 Å². The second-order valence-electron chi connectivity index (χ2n) is 11.2. The van der Waals surface area contributed by atoms with Crippen LogP contribution in [-0.4, -0.2) is 78.5 Å². The molecule has 0 bridgehead atoms. The first-order valence-electron chi connectivity index (χ1n) is 15.7. The first-order valence-corrected chi connectivity index (χ1v) is 15.7. The molecule has 0 spiro atoms. The topological polar surface area (TPSA) is 133 Å². The number of morpholine rings is 1. The quantitative estimate of drug-likeness (QED) is 0.171. The van der Waals surface area contributed by atoms with Gasteiger partial charge in [-0.1, -0.05) is 12.1 Å². The third-order valence-electron chi connectivity index (χ3n) is 8.25. The number of hydrogen-bond acceptors (Lipinski definition) is 11. The van der Waals surface area contributed by atoms with Gasteiger partial charge in [-0.05, 0) is 42.0 Å². The highest BCUT2D eigenvalue weighted by Gasteiger charge is 2.17. The summed E-state index contributed by atoms with van der Waals surface area (Å²) in [4.78, 5) is 32.1. The molecule has 0 atom stereocenters. The highest BCUT2D eigenvalue weighted by atomic mass is 19.1. The number of nitrogens with zero attached hydrogens (tertiary/aromatic N) is 4. The van der Waals surface area contributed by atoms with Crippen molar-refractivity contribution in [2.24, 2.45) is 0 Å². The number of aromatic nitrogens is 4. The molecule has 0 amide bonds. The lowest BCUT2D eigenvalue weighted by molar-refractivity contribution is 0.0321. The van der Waals surface area contributed by atoms with E-state index in [4.69, 9.17) is 23.7 Å². The third-order valence-corrected chi connectivity index (χ3v) is 8.25. The molecule has 2 N–H and O–H groups in total. The van der Waals surface area contributed by atoms with Gasteiger partial charge in [0.2, 0.25) is 11.3 Å². The first-order chi connectivity index (χ1) is 24.0. The van der Waals surface area contributed by atoms with E-state index in [-0.39, 0.29) is 22.9 Å². The molecule has 1 aliphatic heterocycles. The standard InChI is InChI=1S/C36H33FN6O6/c1-45-24-6-3-22(4-7-24)26-20-39-28-9-10-38-35(33(28)34(26)44)42-23-5-8-30(27(37)17-23)49-36-25-18-31(46-2)32(19-29(25)40-21-41-36)48-16-13-43-11-14-47-15-12-43/h3-10,17-21H,11-16H2,1-2H3,(H,38,42)(H,39,44). The molecule has 250 valence electrons. The van der Waals surface area contributed by atoms with Gasteiger partial charge >= 0.3 is 0 Å². The number of aromatic amines is 1. The van der Waals surface area contributed by atoms with Crippen molar-refractivity contribution in [3.8, 4) is 40.0 Å². The average molecular weight is 665 g/mol. The monoisotopic (exact) mass is 664 g/mol. The summed E-state index contributed by atoms with van der Waals surface area (Å²) in [6, 6.07) is 16.7. The van der Waals surface area contributed by atoms with Crippen molar-refractivity contribution in [3.05, 3.63) is 95.4 Å². The zero-order valence-corrected chi connectivity index (χ0v) is 26.9. The number of rotatable bonds is 11. The number of benzene rings is 3. The van der Waals surface area contributed by atoms with Crippen LogP contribution >= 0.6 is 0 Å². The number of halogens is 1. The Balaban J connectivity index is 1.11. The van der Waals surface area contributed by atoms with Gasteiger partial charge in [-0.15, -0.1) is 0 Å². The fourth-order valence-corrected chi connectivity index (χ4v) is 5.65. The molecule has 0 aliphatic carbocycles. The van der Waals surface area contributed by atoms with Crippen molar-refractivity contribution in [2.45, 2.75) is 0 Å². The van der Waals surface area contributed by atoms with Crippen molar-refractivity contribution in [1.82, 2.24) is 24.8 Å². The summed E-state index contributed by atoms with van der Waals surface area (Å²) < 4.78 is 43.7. The van der Waals surface area contributed by atoms with Crippen LogP contribution in [0.3, 0.4) is 0 Å². The van der Waals surface area contributed by atoms with Gasteiger partial charge in [-0.25, -0.2) is 19.3 Å². The van der Waals surface area contributed by atoms with Crippen molar-refractivity contribution < 1.29 is 28.1 Å². The van der Waals surface area contributed by atoms with Crippen LogP contribution in [0.5, 0.6) is 28.9 Å². The van der Waals surface area contributed by atoms with Crippen molar-refractivity contribution in [3.63, 3.8) is 0 Å². The van der Waals surface area contributed by atoms with E-state index in [0.717, 1.165) is 19.6 Å². The second kappa shape index (κ2) is 14.1. The minimum atomic E-state index is -0.653. The maximum atomic E-state index is 15.5. The summed E-state index contributed by atoms with van der Waals surface area (Å²) in [6.45, 7) is 4.39. The molecule has 0 saturated carbocycles. The summed E-state index contributed by atoms with van der Waals surface area (Å²) in [5.74, 6) is 1.41. The van der Waals surface area contributed by atoms with Crippen LogP contribution in [-0.2, 0) is 4.74 Å². The molecule has 7 rings (SSSR count). The summed E-state index contributed by atoms with van der Waals surface area (Å²) >= 11 is 0. The van der Waals surface area contributed by atoms with Crippen molar-refractivity contribution in [1.29, 1.82) is 0 Å². The minimum absolute atomic E-state index is 0.0547. The van der Waals surface area contributed by atoms with Crippen LogP contribution in [0.1, 0.15) is 0 Å². The Labute approximate surface area is 280 Å². The van der Waals surface area contributed by atoms with E-state index in [1.807, 2.05) is 12.1 Å². The van der Waals surface area contributed by atoms with Crippen LogP contribution in [0.25, 0.3) is 32.9 Å². The van der Waals surface area contributed by atoms with Crippen molar-refractivity contribution >= 4 is 33.3 Å². The van der Waals surface area contributed by atoms with E-state index in [1.165, 1.54) is 18.5 Å². The van der Waals surface area contributed by atoms with Gasteiger partial charge in [-0.2, -0.15) is 0 Å². The zero-order chi connectivity index (χ0) is 33.7. The van der Waals surface area contributed by atoms with Crippen molar-refractivity contribution in [2.75, 3.05) is 59.0 Å². The number of nitrogens with one attached hydrogen (secondary N) is 2. The van der Waals surface area contributed by atoms with Gasteiger partial charge in [-0.3, -0.25) is 9.69 Å². The molecule has 4 heterocycles. The molecule has 0 unspecified atom stereocenters. The Hall–Kier alpha value is -5.79. The van der Waals surface area contributed by atoms with Crippen LogP contribution in [0.4, 0.5) is 15.9 Å². The van der Waals surface area contributed by atoms with E-state index in [1.54, 1.807) is 63.0 Å². The Morgan fingerprint density at radius 1 is 0.939 bits per heavy atom. The third kappa shape index (κ3) is 6.80.